The highest BCUT2D eigenvalue weighted by molar-refractivity contribution is 7.89. The summed E-state index contributed by atoms with van der Waals surface area (Å²) in [6, 6.07) is 13.8. The van der Waals surface area contributed by atoms with Crippen molar-refractivity contribution in [1.29, 1.82) is 0 Å². The molecular weight excluding hydrogens is 341 g/mol. The second-order valence-electron chi connectivity index (χ2n) is 5.57. The van der Waals surface area contributed by atoms with Gasteiger partial charge in [0.2, 0.25) is 10.0 Å². The summed E-state index contributed by atoms with van der Waals surface area (Å²) in [6.45, 7) is 0.388. The zero-order chi connectivity index (χ0) is 15.8. The number of hydrogen-bond donors (Lipinski definition) is 1. The van der Waals surface area contributed by atoms with E-state index in [-0.39, 0.29) is 10.3 Å². The van der Waals surface area contributed by atoms with E-state index in [1.807, 2.05) is 24.3 Å². The van der Waals surface area contributed by atoms with Gasteiger partial charge in [0.15, 0.2) is 0 Å². The third-order valence-electron chi connectivity index (χ3n) is 4.03. The average molecular weight is 356 g/mol. The van der Waals surface area contributed by atoms with Crippen molar-refractivity contribution in [3.8, 4) is 0 Å². The number of hydrogen-bond acceptors (Lipinski definition) is 2. The molecule has 1 N–H and O–H groups in total. The maximum atomic E-state index is 12.3. The normalized spacial score (nSPS) is 16.5. The van der Waals surface area contributed by atoms with Gasteiger partial charge in [-0.05, 0) is 54.8 Å². The van der Waals surface area contributed by atoms with E-state index in [1.54, 1.807) is 12.1 Å². The van der Waals surface area contributed by atoms with Crippen LogP contribution in [0.4, 0.5) is 0 Å². The Hall–Kier alpha value is -1.07. The Kier molecular flexibility index (Phi) is 4.21. The van der Waals surface area contributed by atoms with Crippen molar-refractivity contribution >= 4 is 33.2 Å². The van der Waals surface area contributed by atoms with Crippen LogP contribution in [0.15, 0.2) is 53.4 Å². The molecule has 3 rings (SSSR count). The molecule has 1 saturated carbocycles. The first-order valence-corrected chi connectivity index (χ1v) is 9.17. The molecule has 0 amide bonds. The first kappa shape index (κ1) is 15.8. The fraction of sp³-hybridized carbons (Fsp3) is 0.250. The first-order valence-electron chi connectivity index (χ1n) is 6.93. The van der Waals surface area contributed by atoms with Gasteiger partial charge >= 0.3 is 0 Å². The van der Waals surface area contributed by atoms with Crippen molar-refractivity contribution in [3.63, 3.8) is 0 Å². The number of halogens is 2. The highest BCUT2D eigenvalue weighted by atomic mass is 35.5. The minimum Gasteiger partial charge on any atom is -0.210 e. The van der Waals surface area contributed by atoms with Crippen molar-refractivity contribution in [2.24, 2.45) is 0 Å². The van der Waals surface area contributed by atoms with Gasteiger partial charge < -0.3 is 0 Å². The number of benzene rings is 2. The van der Waals surface area contributed by atoms with E-state index in [9.17, 15) is 8.42 Å². The standard InChI is InChI=1S/C16H15Cl2NO2S/c17-13-3-1-12(2-4-13)16(9-10-16)11-19-22(20,21)15-7-5-14(18)6-8-15/h1-8,19H,9-11H2. The minimum absolute atomic E-state index is 0.107. The van der Waals surface area contributed by atoms with E-state index in [4.69, 9.17) is 23.2 Å². The third kappa shape index (κ3) is 3.30. The Bertz CT molecular complexity index is 767. The highest BCUT2D eigenvalue weighted by Crippen LogP contribution is 2.48. The van der Waals surface area contributed by atoms with Crippen LogP contribution in [0.25, 0.3) is 0 Å². The fourth-order valence-electron chi connectivity index (χ4n) is 2.45. The Labute approximate surface area is 140 Å². The zero-order valence-corrected chi connectivity index (χ0v) is 14.0. The molecule has 0 bridgehead atoms. The predicted octanol–water partition coefficient (Wildman–Crippen LogP) is 4.00. The van der Waals surface area contributed by atoms with Gasteiger partial charge in [-0.1, -0.05) is 35.3 Å². The van der Waals surface area contributed by atoms with E-state index in [2.05, 4.69) is 4.72 Å². The van der Waals surface area contributed by atoms with Gasteiger partial charge in [0, 0.05) is 22.0 Å². The summed E-state index contributed by atoms with van der Waals surface area (Å²) in [6.07, 6.45) is 1.94. The molecule has 3 nitrogen and oxygen atoms in total. The van der Waals surface area contributed by atoms with Gasteiger partial charge in [0.25, 0.3) is 0 Å². The molecular formula is C16H15Cl2NO2S. The topological polar surface area (TPSA) is 46.2 Å². The van der Waals surface area contributed by atoms with Crippen molar-refractivity contribution in [3.05, 3.63) is 64.1 Å². The molecule has 116 valence electrons. The minimum atomic E-state index is -3.52. The van der Waals surface area contributed by atoms with Crippen LogP contribution in [0.3, 0.4) is 0 Å². The van der Waals surface area contributed by atoms with Gasteiger partial charge in [0.05, 0.1) is 4.90 Å². The molecule has 1 aliphatic rings. The summed E-state index contributed by atoms with van der Waals surface area (Å²) in [5.74, 6) is 0. The lowest BCUT2D eigenvalue weighted by molar-refractivity contribution is 0.567. The average Bonchev–Trinajstić information content (AvgIpc) is 3.28. The van der Waals surface area contributed by atoms with Gasteiger partial charge in [-0.15, -0.1) is 0 Å². The first-order chi connectivity index (χ1) is 10.4. The van der Waals surface area contributed by atoms with E-state index in [0.29, 0.717) is 16.6 Å². The molecule has 0 heterocycles. The van der Waals surface area contributed by atoms with Crippen LogP contribution in [0.1, 0.15) is 18.4 Å². The smallest absolute Gasteiger partial charge is 0.210 e. The lowest BCUT2D eigenvalue weighted by Crippen LogP contribution is -2.32. The maximum absolute atomic E-state index is 12.3. The maximum Gasteiger partial charge on any atom is 0.240 e. The van der Waals surface area contributed by atoms with E-state index in [0.717, 1.165) is 18.4 Å². The summed E-state index contributed by atoms with van der Waals surface area (Å²) in [5, 5.41) is 1.19. The van der Waals surface area contributed by atoms with Crippen LogP contribution < -0.4 is 4.72 Å². The second-order valence-corrected chi connectivity index (χ2v) is 8.21. The molecule has 0 aliphatic heterocycles. The van der Waals surface area contributed by atoms with Gasteiger partial charge in [0.1, 0.15) is 0 Å². The summed E-state index contributed by atoms with van der Waals surface area (Å²) >= 11 is 11.7. The molecule has 0 atom stereocenters. The fourth-order valence-corrected chi connectivity index (χ4v) is 3.83. The van der Waals surface area contributed by atoms with Crippen LogP contribution in [0.5, 0.6) is 0 Å². The molecule has 0 aromatic heterocycles. The molecule has 0 unspecified atom stereocenters. The van der Waals surface area contributed by atoms with Crippen molar-refractivity contribution < 1.29 is 8.42 Å². The molecule has 1 aliphatic carbocycles. The third-order valence-corrected chi connectivity index (χ3v) is 5.96. The Morgan fingerprint density at radius 1 is 0.909 bits per heavy atom. The van der Waals surface area contributed by atoms with Crippen molar-refractivity contribution in [2.45, 2.75) is 23.2 Å². The number of sulfonamides is 1. The van der Waals surface area contributed by atoms with Crippen LogP contribution in [-0.2, 0) is 15.4 Å². The predicted molar refractivity (Wildman–Crippen MR) is 89.0 cm³/mol. The molecule has 0 saturated heterocycles. The number of rotatable bonds is 5. The van der Waals surface area contributed by atoms with E-state index < -0.39 is 10.0 Å². The monoisotopic (exact) mass is 355 g/mol. The number of nitrogens with one attached hydrogen (secondary N) is 1. The lowest BCUT2D eigenvalue weighted by Gasteiger charge is -2.17. The van der Waals surface area contributed by atoms with Gasteiger partial charge in [-0.2, -0.15) is 0 Å². The molecule has 6 heteroatoms. The van der Waals surface area contributed by atoms with Crippen LogP contribution in [0.2, 0.25) is 10.0 Å². The van der Waals surface area contributed by atoms with Crippen LogP contribution in [-0.4, -0.2) is 15.0 Å². The highest BCUT2D eigenvalue weighted by Gasteiger charge is 2.44. The molecule has 2 aromatic carbocycles. The van der Waals surface area contributed by atoms with E-state index >= 15 is 0 Å². The van der Waals surface area contributed by atoms with Crippen molar-refractivity contribution in [2.75, 3.05) is 6.54 Å². The summed E-state index contributed by atoms with van der Waals surface area (Å²) in [5.41, 5.74) is 1.01. The SMILES string of the molecule is O=S(=O)(NCC1(c2ccc(Cl)cc2)CC1)c1ccc(Cl)cc1. The molecule has 1 fully saturated rings. The molecule has 0 spiro atoms. The second kappa shape index (κ2) is 5.85. The summed E-state index contributed by atoms with van der Waals surface area (Å²) < 4.78 is 27.4. The summed E-state index contributed by atoms with van der Waals surface area (Å²) in [4.78, 5) is 0.226. The summed E-state index contributed by atoms with van der Waals surface area (Å²) in [7, 11) is -3.52. The van der Waals surface area contributed by atoms with Gasteiger partial charge in [-0.3, -0.25) is 0 Å². The quantitative estimate of drug-likeness (QED) is 0.880. The van der Waals surface area contributed by atoms with E-state index in [1.165, 1.54) is 12.1 Å². The van der Waals surface area contributed by atoms with Crippen LogP contribution in [0, 0.1) is 0 Å². The lowest BCUT2D eigenvalue weighted by atomic mass is 9.96. The molecule has 2 aromatic rings. The Morgan fingerprint density at radius 2 is 1.41 bits per heavy atom. The largest absolute Gasteiger partial charge is 0.240 e. The molecule has 22 heavy (non-hydrogen) atoms. The zero-order valence-electron chi connectivity index (χ0n) is 11.7. The van der Waals surface area contributed by atoms with Gasteiger partial charge in [-0.25, -0.2) is 13.1 Å². The molecule has 0 radical (unpaired) electrons. The Morgan fingerprint density at radius 3 is 1.91 bits per heavy atom. The van der Waals surface area contributed by atoms with Crippen LogP contribution >= 0.6 is 23.2 Å². The van der Waals surface area contributed by atoms with Crippen molar-refractivity contribution in [1.82, 2.24) is 4.72 Å². The Balaban J connectivity index is 1.74.